The van der Waals surface area contributed by atoms with Gasteiger partial charge >= 0.3 is 0 Å². The number of carbonyl (C=O) groups excluding carboxylic acids is 1. The number of carbonyl (C=O) groups is 1. The van der Waals surface area contributed by atoms with Crippen LogP contribution in [-0.4, -0.2) is 21.6 Å². The molecule has 0 bridgehead atoms. The number of benzene rings is 1. The van der Waals surface area contributed by atoms with Crippen LogP contribution >= 0.6 is 11.3 Å². The van der Waals surface area contributed by atoms with Gasteiger partial charge < -0.3 is 10.1 Å². The van der Waals surface area contributed by atoms with E-state index in [0.717, 1.165) is 27.8 Å². The van der Waals surface area contributed by atoms with E-state index in [2.05, 4.69) is 10.3 Å². The van der Waals surface area contributed by atoms with Crippen molar-refractivity contribution in [2.24, 2.45) is 0 Å². The Kier molecular flexibility index (Phi) is 5.65. The molecule has 0 saturated heterocycles. The summed E-state index contributed by atoms with van der Waals surface area (Å²) < 4.78 is 7.69. The van der Waals surface area contributed by atoms with E-state index < -0.39 is 0 Å². The van der Waals surface area contributed by atoms with Gasteiger partial charge in [0.15, 0.2) is 5.13 Å². The number of aryl methyl sites for hydroxylation is 1. The highest BCUT2D eigenvalue weighted by atomic mass is 32.1. The van der Waals surface area contributed by atoms with Gasteiger partial charge in [0, 0.05) is 23.0 Å². The average Bonchev–Trinajstić information content (AvgIpc) is 3.22. The lowest BCUT2D eigenvalue weighted by Crippen LogP contribution is -2.27. The highest BCUT2D eigenvalue weighted by molar-refractivity contribution is 7.12. The second kappa shape index (κ2) is 7.96. The summed E-state index contributed by atoms with van der Waals surface area (Å²) in [5, 5.41) is 5.90. The normalized spacial score (nSPS) is 12.2. The Morgan fingerprint density at radius 2 is 1.89 bits per heavy atom. The minimum Gasteiger partial charge on any atom is -0.491 e. The molecule has 5 nitrogen and oxygen atoms in total. The van der Waals surface area contributed by atoms with Gasteiger partial charge in [-0.2, -0.15) is 0 Å². The van der Waals surface area contributed by atoms with Crippen LogP contribution in [-0.2, 0) is 0 Å². The van der Waals surface area contributed by atoms with E-state index in [1.165, 1.54) is 0 Å². The molecule has 1 unspecified atom stereocenters. The Morgan fingerprint density at radius 3 is 2.48 bits per heavy atom. The zero-order valence-corrected chi connectivity index (χ0v) is 17.1. The van der Waals surface area contributed by atoms with E-state index >= 15 is 0 Å². The molecule has 1 aromatic carbocycles. The molecule has 0 spiro atoms. The number of aromatic nitrogens is 2. The number of rotatable bonds is 6. The van der Waals surface area contributed by atoms with Gasteiger partial charge in [0.1, 0.15) is 5.75 Å². The van der Waals surface area contributed by atoms with Crippen molar-refractivity contribution in [1.29, 1.82) is 0 Å². The number of hydrogen-bond acceptors (Lipinski definition) is 4. The summed E-state index contributed by atoms with van der Waals surface area (Å²) in [6, 6.07) is 9.66. The molecular weight excluding hydrogens is 358 g/mol. The smallest absolute Gasteiger partial charge is 0.253 e. The van der Waals surface area contributed by atoms with Crippen molar-refractivity contribution < 1.29 is 9.53 Å². The van der Waals surface area contributed by atoms with Gasteiger partial charge in [-0.05, 0) is 58.4 Å². The van der Waals surface area contributed by atoms with Gasteiger partial charge in [-0.25, -0.2) is 4.98 Å². The predicted octanol–water partition coefficient (Wildman–Crippen LogP) is 4.83. The maximum atomic E-state index is 12.8. The number of ether oxygens (including phenoxy) is 1. The molecular formula is C21H25N3O2S. The SMILES string of the molecule is Cc1cc(C(=O)NC(C)c2ccc(OC(C)C)cc2)c(C)n1-c1nccs1. The fourth-order valence-electron chi connectivity index (χ4n) is 3.08. The largest absolute Gasteiger partial charge is 0.491 e. The first-order valence-electron chi connectivity index (χ1n) is 9.03. The van der Waals surface area contributed by atoms with Crippen LogP contribution in [0, 0.1) is 13.8 Å². The fourth-order valence-corrected chi connectivity index (χ4v) is 3.83. The highest BCUT2D eigenvalue weighted by Gasteiger charge is 2.19. The Balaban J connectivity index is 1.74. The average molecular weight is 384 g/mol. The molecule has 0 saturated carbocycles. The third-order valence-electron chi connectivity index (χ3n) is 4.39. The molecule has 0 radical (unpaired) electrons. The first-order chi connectivity index (χ1) is 12.9. The van der Waals surface area contributed by atoms with E-state index in [9.17, 15) is 4.79 Å². The number of amides is 1. The van der Waals surface area contributed by atoms with Crippen LogP contribution in [0.4, 0.5) is 0 Å². The number of nitrogens with one attached hydrogen (secondary N) is 1. The minimum atomic E-state index is -0.103. The van der Waals surface area contributed by atoms with E-state index in [1.54, 1.807) is 17.5 Å². The van der Waals surface area contributed by atoms with Gasteiger partial charge in [-0.15, -0.1) is 11.3 Å². The van der Waals surface area contributed by atoms with Crippen LogP contribution in [0.3, 0.4) is 0 Å². The summed E-state index contributed by atoms with van der Waals surface area (Å²) in [5.74, 6) is 0.750. The third kappa shape index (κ3) is 4.22. The summed E-state index contributed by atoms with van der Waals surface area (Å²) in [4.78, 5) is 17.2. The lowest BCUT2D eigenvalue weighted by Gasteiger charge is -2.16. The molecule has 27 heavy (non-hydrogen) atoms. The highest BCUT2D eigenvalue weighted by Crippen LogP contribution is 2.23. The second-order valence-corrected chi connectivity index (χ2v) is 7.74. The molecule has 3 rings (SSSR count). The summed E-state index contributed by atoms with van der Waals surface area (Å²) in [5.41, 5.74) is 3.60. The lowest BCUT2D eigenvalue weighted by molar-refractivity contribution is 0.0939. The zero-order chi connectivity index (χ0) is 19.6. The number of hydrogen-bond donors (Lipinski definition) is 1. The summed E-state index contributed by atoms with van der Waals surface area (Å²) >= 11 is 1.55. The van der Waals surface area contributed by atoms with E-state index in [4.69, 9.17) is 4.74 Å². The van der Waals surface area contributed by atoms with Crippen LogP contribution in [0.1, 0.15) is 54.1 Å². The van der Waals surface area contributed by atoms with Crippen LogP contribution in [0.5, 0.6) is 5.75 Å². The summed E-state index contributed by atoms with van der Waals surface area (Å²) in [6.07, 6.45) is 1.91. The molecule has 1 atom stereocenters. The lowest BCUT2D eigenvalue weighted by atomic mass is 10.1. The molecule has 142 valence electrons. The monoisotopic (exact) mass is 383 g/mol. The van der Waals surface area contributed by atoms with Crippen LogP contribution < -0.4 is 10.1 Å². The second-order valence-electron chi connectivity index (χ2n) is 6.87. The van der Waals surface area contributed by atoms with Crippen molar-refractivity contribution in [2.45, 2.75) is 46.8 Å². The van der Waals surface area contributed by atoms with Crippen molar-refractivity contribution in [3.63, 3.8) is 0 Å². The Morgan fingerprint density at radius 1 is 1.19 bits per heavy atom. The van der Waals surface area contributed by atoms with Gasteiger partial charge in [0.25, 0.3) is 5.91 Å². The minimum absolute atomic E-state index is 0.0825. The van der Waals surface area contributed by atoms with Gasteiger partial charge in [-0.1, -0.05) is 12.1 Å². The standard InChI is InChI=1S/C21H25N3O2S/c1-13(2)26-18-8-6-17(7-9-18)15(4)23-20(25)19-12-14(3)24(16(19)5)21-22-10-11-27-21/h6-13,15H,1-5H3,(H,23,25). The molecule has 2 aromatic heterocycles. The maximum Gasteiger partial charge on any atom is 0.253 e. The third-order valence-corrected chi connectivity index (χ3v) is 5.14. The molecule has 6 heteroatoms. The molecule has 1 amide bonds. The van der Waals surface area contributed by atoms with Crippen molar-refractivity contribution in [3.8, 4) is 10.9 Å². The van der Waals surface area contributed by atoms with Gasteiger partial charge in [-0.3, -0.25) is 9.36 Å². The van der Waals surface area contributed by atoms with E-state index in [1.807, 2.05) is 74.9 Å². The van der Waals surface area contributed by atoms with Crippen molar-refractivity contribution in [3.05, 3.63) is 64.4 Å². The predicted molar refractivity (Wildman–Crippen MR) is 109 cm³/mol. The summed E-state index contributed by atoms with van der Waals surface area (Å²) in [6.45, 7) is 9.92. The number of thiazole rings is 1. The van der Waals surface area contributed by atoms with Crippen molar-refractivity contribution in [1.82, 2.24) is 14.9 Å². The first kappa shape index (κ1) is 19.2. The van der Waals surface area contributed by atoms with E-state index in [-0.39, 0.29) is 18.1 Å². The molecule has 0 aliphatic heterocycles. The Bertz CT molecular complexity index is 912. The molecule has 2 heterocycles. The van der Waals surface area contributed by atoms with E-state index in [0.29, 0.717) is 5.56 Å². The fraction of sp³-hybridized carbons (Fsp3) is 0.333. The molecule has 0 aliphatic carbocycles. The van der Waals surface area contributed by atoms with Crippen molar-refractivity contribution in [2.75, 3.05) is 0 Å². The topological polar surface area (TPSA) is 56.1 Å². The van der Waals surface area contributed by atoms with Gasteiger partial charge in [0.2, 0.25) is 0 Å². The van der Waals surface area contributed by atoms with Crippen LogP contribution in [0.2, 0.25) is 0 Å². The number of nitrogens with zero attached hydrogens (tertiary/aromatic N) is 2. The molecule has 0 fully saturated rings. The Hall–Kier alpha value is -2.60. The Labute approximate surface area is 164 Å². The van der Waals surface area contributed by atoms with Crippen LogP contribution in [0.15, 0.2) is 41.9 Å². The van der Waals surface area contributed by atoms with Crippen LogP contribution in [0.25, 0.3) is 5.13 Å². The molecule has 1 N–H and O–H groups in total. The first-order valence-corrected chi connectivity index (χ1v) is 9.91. The summed E-state index contributed by atoms with van der Waals surface area (Å²) in [7, 11) is 0. The molecule has 3 aromatic rings. The maximum absolute atomic E-state index is 12.8. The quantitative estimate of drug-likeness (QED) is 0.663. The van der Waals surface area contributed by atoms with Gasteiger partial charge in [0.05, 0.1) is 17.7 Å². The zero-order valence-electron chi connectivity index (χ0n) is 16.3. The van der Waals surface area contributed by atoms with Crippen molar-refractivity contribution >= 4 is 17.2 Å². The molecule has 0 aliphatic rings.